The highest BCUT2D eigenvalue weighted by molar-refractivity contribution is 5.94. The number of nitrogens with one attached hydrogen (secondary N) is 1. The lowest BCUT2D eigenvalue weighted by Gasteiger charge is -2.33. The Morgan fingerprint density at radius 3 is 2.03 bits per heavy atom. The monoisotopic (exact) mass is 489 g/mol. The van der Waals surface area contributed by atoms with Crippen molar-refractivity contribution in [3.63, 3.8) is 0 Å². The van der Waals surface area contributed by atoms with E-state index >= 15 is 0 Å². The highest BCUT2D eigenvalue weighted by Crippen LogP contribution is 2.24. The van der Waals surface area contributed by atoms with Gasteiger partial charge in [-0.2, -0.15) is 13.2 Å². The first-order chi connectivity index (χ1) is 16.1. The van der Waals surface area contributed by atoms with E-state index in [1.807, 2.05) is 9.80 Å². The van der Waals surface area contributed by atoms with Crippen LogP contribution in [0.1, 0.15) is 55.3 Å². The summed E-state index contributed by atoms with van der Waals surface area (Å²) in [6.45, 7) is 3.55. The van der Waals surface area contributed by atoms with E-state index in [1.54, 1.807) is 12.1 Å². The molecule has 2 amide bonds. The maximum Gasteiger partial charge on any atom is 0.490 e. The molecular weight excluding hydrogens is 458 g/mol. The molecule has 0 spiro atoms. The van der Waals surface area contributed by atoms with Gasteiger partial charge in [0, 0.05) is 50.7 Å². The third kappa shape index (κ3) is 8.92. The van der Waals surface area contributed by atoms with Crippen molar-refractivity contribution in [2.75, 3.05) is 32.7 Å². The number of nitrogens with zero attached hydrogens (tertiary/aromatic N) is 2. The van der Waals surface area contributed by atoms with Crippen molar-refractivity contribution in [1.82, 2.24) is 15.1 Å². The summed E-state index contributed by atoms with van der Waals surface area (Å²) in [5, 5.41) is 10.4. The molecule has 2 N–H and O–H groups in total. The largest absolute Gasteiger partial charge is 0.490 e. The molecule has 190 valence electrons. The first-order valence-electron chi connectivity index (χ1n) is 11.4. The van der Waals surface area contributed by atoms with E-state index in [4.69, 9.17) is 9.90 Å². The summed E-state index contributed by atoms with van der Waals surface area (Å²) < 4.78 is 45.0. The van der Waals surface area contributed by atoms with Gasteiger partial charge in [0.15, 0.2) is 0 Å². The molecule has 1 heterocycles. The van der Waals surface area contributed by atoms with Crippen LogP contribution in [0.2, 0.25) is 0 Å². The van der Waals surface area contributed by atoms with Gasteiger partial charge in [-0.3, -0.25) is 9.59 Å². The summed E-state index contributed by atoms with van der Waals surface area (Å²) in [7, 11) is 0. The molecule has 1 aromatic carbocycles. The van der Waals surface area contributed by atoms with Crippen LogP contribution >= 0.6 is 0 Å². The molecule has 1 aliphatic heterocycles. The smallest absolute Gasteiger partial charge is 0.475 e. The highest BCUT2D eigenvalue weighted by Gasteiger charge is 2.38. The van der Waals surface area contributed by atoms with Crippen LogP contribution in [0.5, 0.6) is 0 Å². The lowest BCUT2D eigenvalue weighted by atomic mass is 10.0. The van der Waals surface area contributed by atoms with Gasteiger partial charge in [0.1, 0.15) is 5.82 Å². The molecule has 0 unspecified atom stereocenters. The van der Waals surface area contributed by atoms with E-state index in [2.05, 4.69) is 5.32 Å². The fourth-order valence-corrected chi connectivity index (χ4v) is 4.07. The van der Waals surface area contributed by atoms with Gasteiger partial charge >= 0.3 is 12.1 Å². The second-order valence-corrected chi connectivity index (χ2v) is 8.33. The third-order valence-corrected chi connectivity index (χ3v) is 5.90. The molecule has 0 radical (unpaired) electrons. The fourth-order valence-electron chi connectivity index (χ4n) is 4.07. The van der Waals surface area contributed by atoms with Gasteiger partial charge in [-0.1, -0.05) is 25.7 Å². The van der Waals surface area contributed by atoms with E-state index in [9.17, 15) is 27.2 Å². The van der Waals surface area contributed by atoms with E-state index in [-0.39, 0.29) is 23.7 Å². The lowest BCUT2D eigenvalue weighted by Crippen LogP contribution is -2.48. The summed E-state index contributed by atoms with van der Waals surface area (Å²) in [6, 6.07) is 5.90. The molecule has 2 aliphatic rings. The van der Waals surface area contributed by atoms with Crippen molar-refractivity contribution in [3.8, 4) is 0 Å². The van der Waals surface area contributed by atoms with Crippen LogP contribution in [0, 0.1) is 5.82 Å². The quantitative estimate of drug-likeness (QED) is 0.489. The molecule has 0 aromatic heterocycles. The number of carbonyl (C=O) groups is 3. The van der Waals surface area contributed by atoms with Crippen LogP contribution in [0.4, 0.5) is 17.6 Å². The summed E-state index contributed by atoms with van der Waals surface area (Å²) in [5.74, 6) is -3.08. The number of aliphatic carboxylic acids is 1. The summed E-state index contributed by atoms with van der Waals surface area (Å²) in [6.07, 6.45) is 1.86. The number of hydrogen-bond acceptors (Lipinski definition) is 4. The number of hydrogen-bond donors (Lipinski definition) is 2. The molecule has 0 bridgehead atoms. The Kier molecular flexibility index (Phi) is 10.7. The Morgan fingerprint density at radius 2 is 1.53 bits per heavy atom. The number of halogens is 4. The van der Waals surface area contributed by atoms with Crippen molar-refractivity contribution in [1.29, 1.82) is 0 Å². The summed E-state index contributed by atoms with van der Waals surface area (Å²) in [5.41, 5.74) is 0.496. The van der Waals surface area contributed by atoms with E-state index in [0.717, 1.165) is 51.9 Å². The molecule has 1 aromatic rings. The second kappa shape index (κ2) is 13.3. The molecular formula is C23H31F4N3O4. The van der Waals surface area contributed by atoms with Crippen molar-refractivity contribution in [2.45, 2.75) is 57.2 Å². The van der Waals surface area contributed by atoms with Gasteiger partial charge in [-0.05, 0) is 37.1 Å². The van der Waals surface area contributed by atoms with Crippen LogP contribution < -0.4 is 5.32 Å². The average Bonchev–Trinajstić information content (AvgIpc) is 3.09. The zero-order valence-electron chi connectivity index (χ0n) is 19.0. The third-order valence-electron chi connectivity index (χ3n) is 5.90. The topological polar surface area (TPSA) is 90.0 Å². The molecule has 3 rings (SSSR count). The maximum atomic E-state index is 13.2. The molecule has 2 fully saturated rings. The molecule has 1 saturated carbocycles. The van der Waals surface area contributed by atoms with Crippen molar-refractivity contribution < 1.29 is 37.1 Å². The van der Waals surface area contributed by atoms with Gasteiger partial charge in [0.05, 0.1) is 0 Å². The van der Waals surface area contributed by atoms with Crippen molar-refractivity contribution in [2.24, 2.45) is 0 Å². The second-order valence-electron chi connectivity index (χ2n) is 8.33. The number of carbonyl (C=O) groups excluding carboxylic acids is 2. The number of alkyl halides is 3. The predicted octanol–water partition coefficient (Wildman–Crippen LogP) is 3.45. The number of rotatable bonds is 5. The minimum absolute atomic E-state index is 0.0880. The molecule has 34 heavy (non-hydrogen) atoms. The number of benzene rings is 1. The molecule has 7 nitrogen and oxygen atoms in total. The first-order valence-corrected chi connectivity index (χ1v) is 11.4. The number of carboxylic acid groups (broad SMARTS) is 1. The average molecular weight is 490 g/mol. The van der Waals surface area contributed by atoms with Gasteiger partial charge in [-0.25, -0.2) is 9.18 Å². The number of amides is 2. The van der Waals surface area contributed by atoms with Crippen molar-refractivity contribution >= 4 is 17.8 Å². The minimum atomic E-state index is -5.08. The normalized spacial score (nSPS) is 17.2. The van der Waals surface area contributed by atoms with Gasteiger partial charge < -0.3 is 20.2 Å². The van der Waals surface area contributed by atoms with Crippen LogP contribution in [0.3, 0.4) is 0 Å². The standard InChI is InChI=1S/C21H30FN3O2.C2HF3O2/c22-18-9-7-17(8-10-18)21(27)25(19-5-3-1-2-4-6-19)14-11-20(26)24-15-12-23-13-16-24;3-2(4,5)1(6)7/h7-10,19,23H,1-6,11-16H2;(H,6,7). The van der Waals surface area contributed by atoms with E-state index in [1.165, 1.54) is 25.0 Å². The van der Waals surface area contributed by atoms with E-state index < -0.39 is 12.1 Å². The fraction of sp³-hybridized carbons (Fsp3) is 0.609. The number of carboxylic acids is 1. The van der Waals surface area contributed by atoms with Gasteiger partial charge in [-0.15, -0.1) is 0 Å². The van der Waals surface area contributed by atoms with E-state index in [0.29, 0.717) is 18.5 Å². The molecule has 1 aliphatic carbocycles. The molecule has 11 heteroatoms. The Morgan fingerprint density at radius 1 is 1.00 bits per heavy atom. The summed E-state index contributed by atoms with van der Waals surface area (Å²) in [4.78, 5) is 38.3. The van der Waals surface area contributed by atoms with Crippen molar-refractivity contribution in [3.05, 3.63) is 35.6 Å². The van der Waals surface area contributed by atoms with Gasteiger partial charge in [0.2, 0.25) is 5.91 Å². The Hall–Kier alpha value is -2.69. The Bertz CT molecular complexity index is 803. The number of piperazine rings is 1. The highest BCUT2D eigenvalue weighted by atomic mass is 19.4. The van der Waals surface area contributed by atoms with Crippen LogP contribution in [-0.2, 0) is 9.59 Å². The minimum Gasteiger partial charge on any atom is -0.475 e. The molecule has 0 atom stereocenters. The Labute approximate surface area is 196 Å². The van der Waals surface area contributed by atoms with Gasteiger partial charge in [0.25, 0.3) is 5.91 Å². The zero-order chi connectivity index (χ0) is 25.1. The molecule has 1 saturated heterocycles. The van der Waals surface area contributed by atoms with Crippen LogP contribution in [0.25, 0.3) is 0 Å². The predicted molar refractivity (Wildman–Crippen MR) is 117 cm³/mol. The lowest BCUT2D eigenvalue weighted by molar-refractivity contribution is -0.192. The van der Waals surface area contributed by atoms with Crippen LogP contribution in [0.15, 0.2) is 24.3 Å². The van der Waals surface area contributed by atoms with Crippen LogP contribution in [-0.4, -0.2) is 77.6 Å². The zero-order valence-corrected chi connectivity index (χ0v) is 19.0. The Balaban J connectivity index is 0.000000509. The SMILES string of the molecule is O=C(CCN(C(=O)c1ccc(F)cc1)C1CCCCCC1)N1CCNCC1.O=C(O)C(F)(F)F. The first kappa shape index (κ1) is 27.6. The summed E-state index contributed by atoms with van der Waals surface area (Å²) >= 11 is 0. The maximum absolute atomic E-state index is 13.2.